The molecular weight excluding hydrogens is 348 g/mol. The summed E-state index contributed by atoms with van der Waals surface area (Å²) in [4.78, 5) is 23.8. The molecule has 1 aromatic carbocycles. The van der Waals surface area contributed by atoms with Crippen LogP contribution < -0.4 is 10.6 Å². The molecule has 1 aromatic heterocycles. The average Bonchev–Trinajstić information content (AvgIpc) is 2.98. The van der Waals surface area contributed by atoms with E-state index in [9.17, 15) is 9.59 Å². The third kappa shape index (κ3) is 5.28. The molecule has 0 fully saturated rings. The van der Waals surface area contributed by atoms with Gasteiger partial charge in [0, 0.05) is 29.5 Å². The molecule has 0 radical (unpaired) electrons. The molecule has 0 aliphatic carbocycles. The molecule has 24 heavy (non-hydrogen) atoms. The van der Waals surface area contributed by atoms with Crippen LogP contribution in [0, 0.1) is 6.92 Å². The highest BCUT2D eigenvalue weighted by molar-refractivity contribution is 7.15. The van der Waals surface area contributed by atoms with Crippen molar-refractivity contribution in [1.82, 2.24) is 10.2 Å². The molecule has 2 amide bonds. The maximum atomic E-state index is 11.9. The maximum absolute atomic E-state index is 11.9. The van der Waals surface area contributed by atoms with Crippen LogP contribution in [0.15, 0.2) is 18.2 Å². The van der Waals surface area contributed by atoms with Crippen LogP contribution in [0.5, 0.6) is 0 Å². The first-order valence-corrected chi connectivity index (χ1v) is 8.74. The molecule has 0 spiro atoms. The Kier molecular flexibility index (Phi) is 6.28. The molecular formula is C16H19ClN4O2S. The summed E-state index contributed by atoms with van der Waals surface area (Å²) < 4.78 is 0. The number of carbonyl (C=O) groups is 2. The van der Waals surface area contributed by atoms with Gasteiger partial charge in [-0.05, 0) is 24.6 Å². The number of nitrogens with one attached hydrogen (secondary N) is 2. The zero-order valence-electron chi connectivity index (χ0n) is 13.7. The van der Waals surface area contributed by atoms with Crippen LogP contribution in [0.2, 0.25) is 5.02 Å². The van der Waals surface area contributed by atoms with Crippen LogP contribution in [0.3, 0.4) is 0 Å². The molecule has 128 valence electrons. The summed E-state index contributed by atoms with van der Waals surface area (Å²) in [7, 11) is 0. The molecule has 6 nitrogen and oxygen atoms in total. The maximum Gasteiger partial charge on any atom is 0.226 e. The molecule has 8 heteroatoms. The Balaban J connectivity index is 1.80. The van der Waals surface area contributed by atoms with E-state index in [0.29, 0.717) is 15.8 Å². The van der Waals surface area contributed by atoms with Crippen molar-refractivity contribution in [2.45, 2.75) is 39.5 Å². The van der Waals surface area contributed by atoms with Gasteiger partial charge in [-0.1, -0.05) is 42.9 Å². The highest BCUT2D eigenvalue weighted by atomic mass is 35.5. The number of aromatic nitrogens is 2. The third-order valence-corrected chi connectivity index (χ3v) is 4.76. The van der Waals surface area contributed by atoms with E-state index in [4.69, 9.17) is 11.6 Å². The highest BCUT2D eigenvalue weighted by Crippen LogP contribution is 2.23. The monoisotopic (exact) mass is 366 g/mol. The Hall–Kier alpha value is -1.99. The van der Waals surface area contributed by atoms with Gasteiger partial charge in [-0.3, -0.25) is 9.59 Å². The van der Waals surface area contributed by atoms with Gasteiger partial charge in [0.1, 0.15) is 5.01 Å². The minimum Gasteiger partial charge on any atom is -0.326 e. The van der Waals surface area contributed by atoms with E-state index in [-0.39, 0.29) is 30.6 Å². The Labute approximate surface area is 149 Å². The molecule has 2 N–H and O–H groups in total. The molecule has 0 saturated carbocycles. The van der Waals surface area contributed by atoms with Gasteiger partial charge in [0.15, 0.2) is 0 Å². The van der Waals surface area contributed by atoms with Crippen molar-refractivity contribution in [3.63, 3.8) is 0 Å². The fourth-order valence-electron chi connectivity index (χ4n) is 1.82. The van der Waals surface area contributed by atoms with E-state index in [0.717, 1.165) is 10.6 Å². The summed E-state index contributed by atoms with van der Waals surface area (Å²) in [6.45, 7) is 5.90. The molecule has 0 saturated heterocycles. The summed E-state index contributed by atoms with van der Waals surface area (Å²) in [6, 6.07) is 5.28. The van der Waals surface area contributed by atoms with Crippen molar-refractivity contribution in [1.29, 1.82) is 0 Å². The zero-order valence-corrected chi connectivity index (χ0v) is 15.3. The standard InChI is InChI=1S/C16H19ClN4O2S/c1-9(2)15-20-21-16(24-15)19-14(23)7-6-13(22)18-11-5-4-10(3)12(17)8-11/h4-5,8-9H,6-7H2,1-3H3,(H,18,22)(H,19,21,23). The van der Waals surface area contributed by atoms with Crippen LogP contribution in [0.25, 0.3) is 0 Å². The first kappa shape index (κ1) is 18.4. The Bertz CT molecular complexity index is 745. The van der Waals surface area contributed by atoms with Gasteiger partial charge >= 0.3 is 0 Å². The first-order chi connectivity index (χ1) is 11.3. The average molecular weight is 367 g/mol. The van der Waals surface area contributed by atoms with Crippen molar-refractivity contribution in [3.8, 4) is 0 Å². The van der Waals surface area contributed by atoms with Gasteiger partial charge < -0.3 is 10.6 Å². The van der Waals surface area contributed by atoms with Crippen LogP contribution in [0.1, 0.15) is 43.2 Å². The predicted molar refractivity (Wildman–Crippen MR) is 96.7 cm³/mol. The van der Waals surface area contributed by atoms with Crippen LogP contribution in [-0.2, 0) is 9.59 Å². The normalized spacial score (nSPS) is 10.7. The van der Waals surface area contributed by atoms with E-state index in [1.54, 1.807) is 12.1 Å². The quantitative estimate of drug-likeness (QED) is 0.809. The van der Waals surface area contributed by atoms with Gasteiger partial charge in [0.2, 0.25) is 16.9 Å². The molecule has 1 heterocycles. The lowest BCUT2D eigenvalue weighted by atomic mass is 10.2. The van der Waals surface area contributed by atoms with Gasteiger partial charge in [0.05, 0.1) is 0 Å². The largest absolute Gasteiger partial charge is 0.326 e. The summed E-state index contributed by atoms with van der Waals surface area (Å²) in [5.41, 5.74) is 1.55. The molecule has 0 bridgehead atoms. The molecule has 0 aliphatic heterocycles. The summed E-state index contributed by atoms with van der Waals surface area (Å²) >= 11 is 7.35. The summed E-state index contributed by atoms with van der Waals surface area (Å²) in [6.07, 6.45) is 0.148. The van der Waals surface area contributed by atoms with Gasteiger partial charge in [0.25, 0.3) is 0 Å². The second-order valence-electron chi connectivity index (χ2n) is 5.66. The van der Waals surface area contributed by atoms with Crippen molar-refractivity contribution in [3.05, 3.63) is 33.8 Å². The molecule has 2 rings (SSSR count). The second kappa shape index (κ2) is 8.21. The van der Waals surface area contributed by atoms with Gasteiger partial charge in [-0.25, -0.2) is 0 Å². The number of hydrogen-bond donors (Lipinski definition) is 2. The van der Waals surface area contributed by atoms with Crippen molar-refractivity contribution in [2.75, 3.05) is 10.6 Å². The minimum absolute atomic E-state index is 0.0714. The van der Waals surface area contributed by atoms with Crippen LogP contribution in [-0.4, -0.2) is 22.0 Å². The Morgan fingerprint density at radius 2 is 1.83 bits per heavy atom. The number of halogens is 1. The number of carbonyl (C=O) groups excluding carboxylic acids is 2. The molecule has 2 aromatic rings. The fourth-order valence-corrected chi connectivity index (χ4v) is 2.76. The topological polar surface area (TPSA) is 84.0 Å². The van der Waals surface area contributed by atoms with Crippen LogP contribution >= 0.6 is 22.9 Å². The van der Waals surface area contributed by atoms with E-state index in [1.807, 2.05) is 26.8 Å². The lowest BCUT2D eigenvalue weighted by Crippen LogP contribution is -2.17. The van der Waals surface area contributed by atoms with E-state index in [2.05, 4.69) is 20.8 Å². The summed E-state index contributed by atoms with van der Waals surface area (Å²) in [5.74, 6) is -0.246. The number of nitrogens with zero attached hydrogens (tertiary/aromatic N) is 2. The lowest BCUT2D eigenvalue weighted by molar-refractivity contribution is -0.121. The number of amides is 2. The highest BCUT2D eigenvalue weighted by Gasteiger charge is 2.12. The Morgan fingerprint density at radius 3 is 2.42 bits per heavy atom. The number of aryl methyl sites for hydroxylation is 1. The lowest BCUT2D eigenvalue weighted by Gasteiger charge is -2.06. The van der Waals surface area contributed by atoms with Crippen molar-refractivity contribution < 1.29 is 9.59 Å². The summed E-state index contributed by atoms with van der Waals surface area (Å²) in [5, 5.41) is 15.2. The predicted octanol–water partition coefficient (Wildman–Crippen LogP) is 3.98. The van der Waals surface area contributed by atoms with E-state index >= 15 is 0 Å². The molecule has 0 aliphatic rings. The van der Waals surface area contributed by atoms with Gasteiger partial charge in [-0.2, -0.15) is 0 Å². The molecule has 0 unspecified atom stereocenters. The smallest absolute Gasteiger partial charge is 0.226 e. The van der Waals surface area contributed by atoms with Gasteiger partial charge in [-0.15, -0.1) is 10.2 Å². The van der Waals surface area contributed by atoms with Crippen molar-refractivity contribution >= 4 is 45.6 Å². The third-order valence-electron chi connectivity index (χ3n) is 3.22. The number of rotatable bonds is 6. The second-order valence-corrected chi connectivity index (χ2v) is 7.08. The zero-order chi connectivity index (χ0) is 17.7. The minimum atomic E-state index is -0.265. The Morgan fingerprint density at radius 1 is 1.17 bits per heavy atom. The van der Waals surface area contributed by atoms with Crippen molar-refractivity contribution in [2.24, 2.45) is 0 Å². The number of hydrogen-bond acceptors (Lipinski definition) is 5. The van der Waals surface area contributed by atoms with E-state index < -0.39 is 0 Å². The fraction of sp³-hybridized carbons (Fsp3) is 0.375. The number of anilines is 2. The van der Waals surface area contributed by atoms with E-state index in [1.165, 1.54) is 11.3 Å². The number of benzene rings is 1. The molecule has 0 atom stereocenters. The SMILES string of the molecule is Cc1ccc(NC(=O)CCC(=O)Nc2nnc(C(C)C)s2)cc1Cl. The van der Waals surface area contributed by atoms with Crippen LogP contribution in [0.4, 0.5) is 10.8 Å². The first-order valence-electron chi connectivity index (χ1n) is 7.54.